The zero-order valence-corrected chi connectivity index (χ0v) is 16.3. The Morgan fingerprint density at radius 1 is 0.769 bits per heavy atom. The zero-order valence-electron chi connectivity index (χ0n) is 16.3. The van der Waals surface area contributed by atoms with Crippen LogP contribution in [0.1, 0.15) is 96.8 Å². The van der Waals surface area contributed by atoms with E-state index in [1.54, 1.807) is 0 Å². The SMILES string of the molecule is CCCCCCCCCCCCCCCC(=O)OCN1C(=O)C=CC1=O. The van der Waals surface area contributed by atoms with Crippen molar-refractivity contribution in [3.05, 3.63) is 12.2 Å². The first kappa shape index (κ1) is 22.4. The molecule has 0 radical (unpaired) electrons. The molecule has 26 heavy (non-hydrogen) atoms. The van der Waals surface area contributed by atoms with Crippen LogP contribution >= 0.6 is 0 Å². The van der Waals surface area contributed by atoms with Crippen LogP contribution in [0.15, 0.2) is 12.2 Å². The van der Waals surface area contributed by atoms with E-state index in [4.69, 9.17) is 4.74 Å². The maximum Gasteiger partial charge on any atom is 0.307 e. The van der Waals surface area contributed by atoms with E-state index in [9.17, 15) is 14.4 Å². The molecular weight excluding hydrogens is 330 g/mol. The molecule has 2 amide bonds. The second kappa shape index (κ2) is 14.5. The smallest absolute Gasteiger partial charge is 0.307 e. The van der Waals surface area contributed by atoms with Gasteiger partial charge in [-0.1, -0.05) is 84.0 Å². The Hall–Kier alpha value is -1.65. The van der Waals surface area contributed by atoms with Crippen molar-refractivity contribution in [2.45, 2.75) is 96.8 Å². The molecule has 0 aromatic heterocycles. The first-order valence-electron chi connectivity index (χ1n) is 10.3. The maximum atomic E-state index is 11.6. The molecule has 0 aromatic carbocycles. The second-order valence-electron chi connectivity index (χ2n) is 7.08. The third-order valence-corrected chi connectivity index (χ3v) is 4.74. The highest BCUT2D eigenvalue weighted by Crippen LogP contribution is 2.13. The summed E-state index contributed by atoms with van der Waals surface area (Å²) in [6, 6.07) is 0. The monoisotopic (exact) mass is 365 g/mol. The van der Waals surface area contributed by atoms with Crippen molar-refractivity contribution < 1.29 is 19.1 Å². The molecule has 1 heterocycles. The van der Waals surface area contributed by atoms with E-state index in [0.717, 1.165) is 24.2 Å². The molecule has 0 N–H and O–H groups in total. The fourth-order valence-corrected chi connectivity index (χ4v) is 3.05. The molecule has 0 unspecified atom stereocenters. The van der Waals surface area contributed by atoms with E-state index >= 15 is 0 Å². The number of nitrogens with zero attached hydrogens (tertiary/aromatic N) is 1. The standard InChI is InChI=1S/C21H35NO4/c1-2-3-4-5-6-7-8-9-10-11-12-13-14-15-21(25)26-18-22-19(23)16-17-20(22)24/h16-17H,2-15,18H2,1H3. The average molecular weight is 366 g/mol. The van der Waals surface area contributed by atoms with Gasteiger partial charge >= 0.3 is 5.97 Å². The lowest BCUT2D eigenvalue weighted by Gasteiger charge is -2.13. The van der Waals surface area contributed by atoms with Gasteiger partial charge in [0.25, 0.3) is 11.8 Å². The predicted octanol–water partition coefficient (Wildman–Crippen LogP) is 4.89. The van der Waals surface area contributed by atoms with Crippen molar-refractivity contribution in [3.8, 4) is 0 Å². The highest BCUT2D eigenvalue weighted by atomic mass is 16.5. The summed E-state index contributed by atoms with van der Waals surface area (Å²) in [5.74, 6) is -1.20. The minimum absolute atomic E-state index is 0.276. The summed E-state index contributed by atoms with van der Waals surface area (Å²) >= 11 is 0. The number of rotatable bonds is 16. The lowest BCUT2D eigenvalue weighted by atomic mass is 10.0. The summed E-state index contributed by atoms with van der Waals surface area (Å²) in [5.41, 5.74) is 0. The van der Waals surface area contributed by atoms with Gasteiger partial charge in [0.2, 0.25) is 0 Å². The van der Waals surface area contributed by atoms with Crippen molar-refractivity contribution in [2.75, 3.05) is 6.73 Å². The normalized spacial score (nSPS) is 13.7. The zero-order chi connectivity index (χ0) is 19.0. The predicted molar refractivity (Wildman–Crippen MR) is 102 cm³/mol. The summed E-state index contributed by atoms with van der Waals surface area (Å²) in [7, 11) is 0. The van der Waals surface area contributed by atoms with E-state index in [1.807, 2.05) is 0 Å². The fourth-order valence-electron chi connectivity index (χ4n) is 3.05. The van der Waals surface area contributed by atoms with Crippen LogP contribution in [0.5, 0.6) is 0 Å². The van der Waals surface area contributed by atoms with Crippen LogP contribution < -0.4 is 0 Å². The second-order valence-corrected chi connectivity index (χ2v) is 7.08. The number of esters is 1. The van der Waals surface area contributed by atoms with Gasteiger partial charge in [-0.3, -0.25) is 14.4 Å². The highest BCUT2D eigenvalue weighted by Gasteiger charge is 2.24. The van der Waals surface area contributed by atoms with E-state index in [2.05, 4.69) is 6.92 Å². The largest absolute Gasteiger partial charge is 0.444 e. The molecule has 0 saturated carbocycles. The summed E-state index contributed by atoms with van der Waals surface area (Å²) in [6.45, 7) is 1.97. The third-order valence-electron chi connectivity index (χ3n) is 4.74. The highest BCUT2D eigenvalue weighted by molar-refractivity contribution is 6.12. The summed E-state index contributed by atoms with van der Waals surface area (Å²) in [5, 5.41) is 0. The van der Waals surface area contributed by atoms with Gasteiger partial charge in [-0.2, -0.15) is 0 Å². The Kier molecular flexibility index (Phi) is 12.5. The Bertz CT molecular complexity index is 441. The Balaban J connectivity index is 1.83. The molecular formula is C21H35NO4. The minimum atomic E-state index is -0.427. The van der Waals surface area contributed by atoms with Crippen LogP contribution in [0, 0.1) is 0 Å². The molecule has 5 nitrogen and oxygen atoms in total. The fraction of sp³-hybridized carbons (Fsp3) is 0.762. The van der Waals surface area contributed by atoms with Gasteiger partial charge < -0.3 is 4.74 Å². The molecule has 1 rings (SSSR count). The number of unbranched alkanes of at least 4 members (excludes halogenated alkanes) is 12. The molecule has 0 saturated heterocycles. The van der Waals surface area contributed by atoms with Gasteiger partial charge in [-0.05, 0) is 6.42 Å². The molecule has 148 valence electrons. The van der Waals surface area contributed by atoms with Gasteiger partial charge in [0, 0.05) is 18.6 Å². The third kappa shape index (κ3) is 10.4. The average Bonchev–Trinajstić information content (AvgIpc) is 2.95. The maximum absolute atomic E-state index is 11.6. The van der Waals surface area contributed by atoms with Gasteiger partial charge in [0.05, 0.1) is 0 Å². The first-order valence-corrected chi connectivity index (χ1v) is 10.3. The van der Waals surface area contributed by atoms with E-state index < -0.39 is 11.8 Å². The van der Waals surface area contributed by atoms with Crippen LogP contribution in [-0.4, -0.2) is 29.4 Å². The topological polar surface area (TPSA) is 63.7 Å². The van der Waals surface area contributed by atoms with Crippen LogP contribution in [0.4, 0.5) is 0 Å². The number of amides is 2. The van der Waals surface area contributed by atoms with Crippen LogP contribution in [-0.2, 0) is 19.1 Å². The number of carbonyl (C=O) groups excluding carboxylic acids is 3. The van der Waals surface area contributed by atoms with E-state index in [0.29, 0.717) is 6.42 Å². The number of imide groups is 1. The summed E-state index contributed by atoms with van der Waals surface area (Å²) < 4.78 is 4.98. The number of carbonyl (C=O) groups is 3. The van der Waals surface area contributed by atoms with Crippen molar-refractivity contribution in [1.82, 2.24) is 4.90 Å². The molecule has 0 aliphatic carbocycles. The molecule has 0 aromatic rings. The van der Waals surface area contributed by atoms with E-state index in [1.165, 1.54) is 76.4 Å². The minimum Gasteiger partial charge on any atom is -0.444 e. The molecule has 1 aliphatic heterocycles. The Morgan fingerprint density at radius 2 is 1.19 bits per heavy atom. The van der Waals surface area contributed by atoms with Gasteiger partial charge in [0.15, 0.2) is 6.73 Å². The Labute approximate surface area is 158 Å². The summed E-state index contributed by atoms with van der Waals surface area (Å²) in [6.07, 6.45) is 19.1. The molecule has 0 atom stereocenters. The molecule has 1 aliphatic rings. The van der Waals surface area contributed by atoms with Crippen molar-refractivity contribution >= 4 is 17.8 Å². The quantitative estimate of drug-likeness (QED) is 0.222. The van der Waals surface area contributed by atoms with Crippen molar-refractivity contribution in [1.29, 1.82) is 0 Å². The lowest BCUT2D eigenvalue weighted by molar-refractivity contribution is -0.154. The first-order chi connectivity index (χ1) is 12.6. The summed E-state index contributed by atoms with van der Waals surface area (Å²) in [4.78, 5) is 35.2. The van der Waals surface area contributed by atoms with Gasteiger partial charge in [0.1, 0.15) is 0 Å². The number of hydrogen-bond acceptors (Lipinski definition) is 4. The van der Waals surface area contributed by atoms with Crippen LogP contribution in [0.2, 0.25) is 0 Å². The number of hydrogen-bond donors (Lipinski definition) is 0. The van der Waals surface area contributed by atoms with Gasteiger partial charge in [-0.15, -0.1) is 0 Å². The Morgan fingerprint density at radius 3 is 1.65 bits per heavy atom. The van der Waals surface area contributed by atoms with Crippen LogP contribution in [0.3, 0.4) is 0 Å². The van der Waals surface area contributed by atoms with Crippen molar-refractivity contribution in [2.24, 2.45) is 0 Å². The van der Waals surface area contributed by atoms with E-state index in [-0.39, 0.29) is 12.7 Å². The van der Waals surface area contributed by atoms with Crippen molar-refractivity contribution in [3.63, 3.8) is 0 Å². The lowest BCUT2D eigenvalue weighted by Crippen LogP contribution is -2.33. The molecule has 0 fully saturated rings. The van der Waals surface area contributed by atoms with Gasteiger partial charge in [-0.25, -0.2) is 4.90 Å². The molecule has 0 bridgehead atoms. The number of ether oxygens (including phenoxy) is 1. The molecule has 5 heteroatoms. The molecule has 0 spiro atoms. The van der Waals surface area contributed by atoms with Crippen LogP contribution in [0.25, 0.3) is 0 Å².